The average molecular weight is 391 g/mol. The summed E-state index contributed by atoms with van der Waals surface area (Å²) >= 11 is 1.60. The van der Waals surface area contributed by atoms with Gasteiger partial charge in [-0.15, -0.1) is 0 Å². The monoisotopic (exact) mass is 391 g/mol. The molecule has 9 heteroatoms. The minimum Gasteiger partial charge on any atom is -0.396 e. The minimum absolute atomic E-state index is 0.0100. The highest BCUT2D eigenvalue weighted by Crippen LogP contribution is 2.67. The summed E-state index contributed by atoms with van der Waals surface area (Å²) in [7, 11) is 0. The molecule has 3 aliphatic carbocycles. The number of anilines is 1. The molecule has 0 saturated heterocycles. The molecule has 2 unspecified atom stereocenters. The molecule has 5 rings (SSSR count). The van der Waals surface area contributed by atoms with Gasteiger partial charge in [-0.2, -0.15) is 0 Å². The van der Waals surface area contributed by atoms with E-state index in [1.807, 2.05) is 4.57 Å². The van der Waals surface area contributed by atoms with Gasteiger partial charge in [-0.05, 0) is 24.7 Å². The largest absolute Gasteiger partial charge is 0.396 e. The molecule has 146 valence electrons. The van der Waals surface area contributed by atoms with Crippen LogP contribution in [0.5, 0.6) is 0 Å². The Labute approximate surface area is 161 Å². The van der Waals surface area contributed by atoms with Crippen molar-refractivity contribution in [1.82, 2.24) is 19.5 Å². The summed E-state index contributed by atoms with van der Waals surface area (Å²) in [4.78, 5) is 13.4. The highest BCUT2D eigenvalue weighted by atomic mass is 32.2. The smallest absolute Gasteiger partial charge is 0.191 e. The van der Waals surface area contributed by atoms with Crippen LogP contribution in [0.15, 0.2) is 11.5 Å². The number of hydrogen-bond donors (Lipinski definition) is 4. The Morgan fingerprint density at radius 3 is 2.78 bits per heavy atom. The van der Waals surface area contributed by atoms with Gasteiger partial charge >= 0.3 is 0 Å². The van der Waals surface area contributed by atoms with Crippen molar-refractivity contribution in [3.8, 4) is 0 Å². The number of imidazole rings is 1. The zero-order valence-electron chi connectivity index (χ0n) is 15.0. The Morgan fingerprint density at radius 2 is 2.11 bits per heavy atom. The van der Waals surface area contributed by atoms with Gasteiger partial charge in [0.25, 0.3) is 0 Å². The number of aromatic nitrogens is 4. The van der Waals surface area contributed by atoms with E-state index in [9.17, 15) is 15.3 Å². The third-order valence-electron chi connectivity index (χ3n) is 6.88. The summed E-state index contributed by atoms with van der Waals surface area (Å²) in [5.41, 5.74) is 6.61. The molecule has 3 aliphatic rings. The normalized spacial score (nSPS) is 35.4. The first-order chi connectivity index (χ1) is 13.0. The van der Waals surface area contributed by atoms with Crippen molar-refractivity contribution in [2.45, 2.75) is 55.5 Å². The molecule has 3 fully saturated rings. The van der Waals surface area contributed by atoms with E-state index in [-0.39, 0.29) is 18.6 Å². The maximum absolute atomic E-state index is 10.6. The number of nitrogens with zero attached hydrogens (tertiary/aromatic N) is 4. The lowest BCUT2D eigenvalue weighted by Crippen LogP contribution is -2.35. The van der Waals surface area contributed by atoms with Gasteiger partial charge in [-0.3, -0.25) is 0 Å². The third kappa shape index (κ3) is 2.59. The molecular formula is C18H25N5O3S. The molecule has 2 aromatic rings. The van der Waals surface area contributed by atoms with E-state index in [4.69, 9.17) is 5.73 Å². The summed E-state index contributed by atoms with van der Waals surface area (Å²) in [6, 6.07) is -0.362. The molecule has 5 atom stereocenters. The topological polar surface area (TPSA) is 130 Å². The van der Waals surface area contributed by atoms with Crippen LogP contribution < -0.4 is 5.73 Å². The maximum atomic E-state index is 10.6. The van der Waals surface area contributed by atoms with Crippen LogP contribution in [0.25, 0.3) is 11.2 Å². The molecular weight excluding hydrogens is 366 g/mol. The Bertz CT molecular complexity index is 872. The van der Waals surface area contributed by atoms with Gasteiger partial charge in [-0.1, -0.05) is 31.0 Å². The second-order valence-corrected chi connectivity index (χ2v) is 9.34. The summed E-state index contributed by atoms with van der Waals surface area (Å²) in [5, 5.41) is 31.3. The fraction of sp³-hybridized carbons (Fsp3) is 0.722. The van der Waals surface area contributed by atoms with Gasteiger partial charge in [0.15, 0.2) is 16.6 Å². The molecule has 0 spiro atoms. The Kier molecular flexibility index (Phi) is 4.12. The van der Waals surface area contributed by atoms with Crippen LogP contribution in [0.3, 0.4) is 0 Å². The zero-order valence-corrected chi connectivity index (χ0v) is 15.8. The number of aliphatic hydroxyl groups excluding tert-OH is 3. The lowest BCUT2D eigenvalue weighted by Gasteiger charge is -2.24. The molecule has 8 nitrogen and oxygen atoms in total. The van der Waals surface area contributed by atoms with Gasteiger partial charge in [0.05, 0.1) is 25.1 Å². The van der Waals surface area contributed by atoms with Crippen molar-refractivity contribution in [3.05, 3.63) is 6.33 Å². The van der Waals surface area contributed by atoms with Crippen molar-refractivity contribution < 1.29 is 15.3 Å². The number of rotatable bonds is 6. The average Bonchev–Trinajstić information content (AvgIpc) is 3.13. The van der Waals surface area contributed by atoms with Crippen molar-refractivity contribution in [2.75, 3.05) is 18.1 Å². The summed E-state index contributed by atoms with van der Waals surface area (Å²) in [5.74, 6) is 2.14. The molecule has 0 aromatic carbocycles. The molecule has 0 aliphatic heterocycles. The molecule has 3 saturated carbocycles. The quantitative estimate of drug-likeness (QED) is 0.423. The summed E-state index contributed by atoms with van der Waals surface area (Å²) < 4.78 is 1.81. The van der Waals surface area contributed by atoms with Gasteiger partial charge in [0.1, 0.15) is 11.6 Å². The highest BCUT2D eigenvalue weighted by Gasteiger charge is 2.71. The second-order valence-electron chi connectivity index (χ2n) is 8.28. The first-order valence-electron chi connectivity index (χ1n) is 9.65. The molecule has 0 bridgehead atoms. The van der Waals surface area contributed by atoms with Crippen LogP contribution in [-0.2, 0) is 0 Å². The van der Waals surface area contributed by atoms with E-state index < -0.39 is 17.6 Å². The van der Waals surface area contributed by atoms with Gasteiger partial charge in [-0.25, -0.2) is 15.0 Å². The van der Waals surface area contributed by atoms with Crippen LogP contribution in [0.1, 0.15) is 38.1 Å². The highest BCUT2D eigenvalue weighted by molar-refractivity contribution is 7.99. The number of hydrogen-bond acceptors (Lipinski definition) is 8. The number of fused-ring (bicyclic) bond motifs is 2. The lowest BCUT2D eigenvalue weighted by atomic mass is 9.84. The summed E-state index contributed by atoms with van der Waals surface area (Å²) in [6.45, 7) is -0.127. The zero-order chi connectivity index (χ0) is 18.8. The van der Waals surface area contributed by atoms with E-state index in [2.05, 4.69) is 15.0 Å². The third-order valence-corrected chi connectivity index (χ3v) is 7.76. The Morgan fingerprint density at radius 1 is 1.30 bits per heavy atom. The molecule has 2 aromatic heterocycles. The first-order valence-corrected chi connectivity index (χ1v) is 10.6. The number of nitrogen functional groups attached to an aromatic ring is 1. The molecule has 5 N–H and O–H groups in total. The molecule has 27 heavy (non-hydrogen) atoms. The van der Waals surface area contributed by atoms with Crippen LogP contribution in [0.4, 0.5) is 5.82 Å². The van der Waals surface area contributed by atoms with Crippen molar-refractivity contribution in [2.24, 2.45) is 17.3 Å². The number of aliphatic hydroxyl groups is 3. The lowest BCUT2D eigenvalue weighted by molar-refractivity contribution is -0.0300. The predicted octanol–water partition coefficient (Wildman–Crippen LogP) is 0.966. The first kappa shape index (κ1) is 17.7. The molecule has 0 radical (unpaired) electrons. The van der Waals surface area contributed by atoms with Gasteiger partial charge < -0.3 is 25.6 Å². The van der Waals surface area contributed by atoms with E-state index in [0.29, 0.717) is 28.6 Å². The van der Waals surface area contributed by atoms with Crippen molar-refractivity contribution in [3.63, 3.8) is 0 Å². The fourth-order valence-corrected chi connectivity index (χ4v) is 5.80. The molecule has 2 heterocycles. The Balaban J connectivity index is 1.43. The fourth-order valence-electron chi connectivity index (χ4n) is 4.85. The number of nitrogens with two attached hydrogens (primary N) is 1. The van der Waals surface area contributed by atoms with Crippen molar-refractivity contribution >= 4 is 28.7 Å². The predicted molar refractivity (Wildman–Crippen MR) is 101 cm³/mol. The van der Waals surface area contributed by atoms with Gasteiger partial charge in [0, 0.05) is 11.2 Å². The van der Waals surface area contributed by atoms with Crippen LogP contribution in [0, 0.1) is 17.3 Å². The standard InChI is InChI=1S/C18H25N5O3S/c19-15-11-16(22-17(21-15)27-5-4-9-2-1-3-9)23(8-20-11)12-10-6-18(10,7-24)14(26)13(12)25/h8-10,12-14,24-26H,1-7H2,(H2,19,21,22)/t10-,12-,13?,14?,18+/m1/s1. The van der Waals surface area contributed by atoms with E-state index >= 15 is 0 Å². The van der Waals surface area contributed by atoms with E-state index in [1.165, 1.54) is 25.7 Å². The van der Waals surface area contributed by atoms with Crippen LogP contribution >= 0.6 is 11.8 Å². The summed E-state index contributed by atoms with van der Waals surface area (Å²) in [6.07, 6.45) is 5.57. The number of thioether (sulfide) groups is 1. The van der Waals surface area contributed by atoms with E-state index in [1.54, 1.807) is 18.1 Å². The molecule has 0 amide bonds. The Hall–Kier alpha value is -1.42. The second kappa shape index (κ2) is 6.30. The van der Waals surface area contributed by atoms with Crippen LogP contribution in [0.2, 0.25) is 0 Å². The van der Waals surface area contributed by atoms with Crippen molar-refractivity contribution in [1.29, 1.82) is 0 Å². The maximum Gasteiger partial charge on any atom is 0.191 e. The van der Waals surface area contributed by atoms with E-state index in [0.717, 1.165) is 11.7 Å². The minimum atomic E-state index is -0.959. The van der Waals surface area contributed by atoms with Crippen LogP contribution in [-0.4, -0.2) is 59.4 Å². The van der Waals surface area contributed by atoms with Gasteiger partial charge in [0.2, 0.25) is 0 Å². The SMILES string of the molecule is Nc1nc(SCCC2CCC2)nc2c1ncn2[C@H]1C(O)C(O)[C@]2(CO)C[C@H]12.